The van der Waals surface area contributed by atoms with Gasteiger partial charge in [-0.1, -0.05) is 12.1 Å². The van der Waals surface area contributed by atoms with Crippen molar-refractivity contribution in [3.05, 3.63) is 35.4 Å². The number of nitriles is 1. The van der Waals surface area contributed by atoms with E-state index < -0.39 is 33.9 Å². The predicted molar refractivity (Wildman–Crippen MR) is 102 cm³/mol. The number of nitrogens with zero attached hydrogens (tertiary/aromatic N) is 1. The van der Waals surface area contributed by atoms with Gasteiger partial charge in [-0.15, -0.1) is 0 Å². The van der Waals surface area contributed by atoms with Crippen LogP contribution in [0.5, 0.6) is 5.75 Å². The second-order valence-electron chi connectivity index (χ2n) is 6.33. The van der Waals surface area contributed by atoms with Crippen LogP contribution in [0.1, 0.15) is 25.8 Å². The molecule has 1 saturated heterocycles. The van der Waals surface area contributed by atoms with Crippen LogP contribution in [-0.2, 0) is 24.2 Å². The van der Waals surface area contributed by atoms with Crippen molar-refractivity contribution < 1.29 is 27.5 Å². The van der Waals surface area contributed by atoms with Gasteiger partial charge in [0.05, 0.1) is 18.1 Å². The Hall–Kier alpha value is -2.86. The van der Waals surface area contributed by atoms with Crippen LogP contribution in [0.25, 0.3) is 6.08 Å². The zero-order valence-electron chi connectivity index (χ0n) is 15.7. The minimum absolute atomic E-state index is 0.0233. The highest BCUT2D eigenvalue weighted by molar-refractivity contribution is 7.91. The Balaban J connectivity index is 1.96. The second-order valence-corrected chi connectivity index (χ2v) is 8.56. The predicted octanol–water partition coefficient (Wildman–Crippen LogP) is 1.23. The van der Waals surface area contributed by atoms with Gasteiger partial charge >= 0.3 is 5.97 Å². The lowest BCUT2D eigenvalue weighted by Crippen LogP contribution is -2.42. The van der Waals surface area contributed by atoms with Crippen LogP contribution in [0.4, 0.5) is 0 Å². The van der Waals surface area contributed by atoms with Crippen molar-refractivity contribution in [2.75, 3.05) is 18.1 Å². The molecule has 1 amide bonds. The van der Waals surface area contributed by atoms with E-state index in [9.17, 15) is 23.3 Å². The van der Waals surface area contributed by atoms with Gasteiger partial charge in [0.15, 0.2) is 15.9 Å². The molecule has 2 rings (SSSR count). The molecule has 1 aromatic rings. The zero-order valence-corrected chi connectivity index (χ0v) is 16.5. The van der Waals surface area contributed by atoms with Gasteiger partial charge in [0, 0.05) is 6.04 Å². The molecule has 0 unspecified atom stereocenters. The van der Waals surface area contributed by atoms with Crippen molar-refractivity contribution in [3.63, 3.8) is 0 Å². The number of carbonyl (C=O) groups is 2. The minimum atomic E-state index is -3.13. The largest absolute Gasteiger partial charge is 0.494 e. The van der Waals surface area contributed by atoms with E-state index in [0.717, 1.165) is 0 Å². The Morgan fingerprint density at radius 1 is 1.36 bits per heavy atom. The third-order valence-corrected chi connectivity index (χ3v) is 5.84. The van der Waals surface area contributed by atoms with Gasteiger partial charge in [0.25, 0.3) is 5.91 Å². The Kier molecular flexibility index (Phi) is 7.18. The summed E-state index contributed by atoms with van der Waals surface area (Å²) < 4.78 is 33.3. The lowest BCUT2D eigenvalue weighted by Gasteiger charge is -2.16. The third-order valence-electron chi connectivity index (χ3n) is 4.07. The molecule has 1 N–H and O–H groups in total. The first-order valence-corrected chi connectivity index (χ1v) is 10.6. The van der Waals surface area contributed by atoms with Crippen molar-refractivity contribution in [1.29, 1.82) is 5.26 Å². The first-order chi connectivity index (χ1) is 13.2. The maximum absolute atomic E-state index is 12.2. The van der Waals surface area contributed by atoms with Crippen molar-refractivity contribution in [2.24, 2.45) is 0 Å². The molecule has 1 aliphatic rings. The van der Waals surface area contributed by atoms with Crippen molar-refractivity contribution >= 4 is 27.8 Å². The molecule has 1 aliphatic heterocycles. The van der Waals surface area contributed by atoms with Crippen LogP contribution >= 0.6 is 0 Å². The highest BCUT2D eigenvalue weighted by atomic mass is 32.2. The first-order valence-electron chi connectivity index (χ1n) is 8.80. The number of sulfone groups is 1. The van der Waals surface area contributed by atoms with Gasteiger partial charge in [-0.3, -0.25) is 4.79 Å². The van der Waals surface area contributed by atoms with Gasteiger partial charge in [-0.25, -0.2) is 13.2 Å². The summed E-state index contributed by atoms with van der Waals surface area (Å²) in [6.07, 6.45) is 0.523. The number of ether oxygens (including phenoxy) is 2. The fourth-order valence-corrected chi connectivity index (χ4v) is 4.31. The Morgan fingerprint density at radius 2 is 2.04 bits per heavy atom. The molecule has 8 nitrogen and oxygen atoms in total. The molecule has 0 spiro atoms. The zero-order chi connectivity index (χ0) is 20.7. The molecule has 0 aliphatic carbocycles. The van der Waals surface area contributed by atoms with E-state index in [2.05, 4.69) is 5.32 Å². The standard InChI is InChI=1S/C19H22N2O6S/c1-3-26-17-6-4-14(5-7-17)10-15(11-20)19(23)27-13(2)18(22)21-16-8-9-28(24,25)12-16/h4-7,10,13,16H,3,8-9,12H2,1-2H3,(H,21,22)/b15-10+/t13-,16+/m0/s1. The lowest BCUT2D eigenvalue weighted by atomic mass is 10.1. The van der Waals surface area contributed by atoms with E-state index in [-0.39, 0.29) is 17.1 Å². The monoisotopic (exact) mass is 406 g/mol. The average Bonchev–Trinajstić information content (AvgIpc) is 2.99. The molecule has 0 bridgehead atoms. The van der Waals surface area contributed by atoms with E-state index in [1.54, 1.807) is 30.3 Å². The third kappa shape index (κ3) is 6.09. The summed E-state index contributed by atoms with van der Waals surface area (Å²) in [6, 6.07) is 8.06. The molecular weight excluding hydrogens is 384 g/mol. The Bertz CT molecular complexity index is 899. The number of amides is 1. The van der Waals surface area contributed by atoms with Crippen LogP contribution in [0.2, 0.25) is 0 Å². The molecule has 1 aromatic carbocycles. The molecule has 28 heavy (non-hydrogen) atoms. The van der Waals surface area contributed by atoms with E-state index in [1.807, 2.05) is 6.92 Å². The summed E-state index contributed by atoms with van der Waals surface area (Å²) in [6.45, 7) is 3.75. The number of carbonyl (C=O) groups excluding carboxylic acids is 2. The van der Waals surface area contributed by atoms with Crippen molar-refractivity contribution in [3.8, 4) is 11.8 Å². The summed E-state index contributed by atoms with van der Waals surface area (Å²) in [5.41, 5.74) is 0.345. The van der Waals surface area contributed by atoms with Gasteiger partial charge in [-0.2, -0.15) is 5.26 Å². The number of hydrogen-bond acceptors (Lipinski definition) is 7. The maximum Gasteiger partial charge on any atom is 0.349 e. The van der Waals surface area contributed by atoms with E-state index >= 15 is 0 Å². The minimum Gasteiger partial charge on any atom is -0.494 e. The lowest BCUT2D eigenvalue weighted by molar-refractivity contribution is -0.150. The molecule has 0 saturated carbocycles. The summed E-state index contributed by atoms with van der Waals surface area (Å²) in [5, 5.41) is 11.8. The molecular formula is C19H22N2O6S. The van der Waals surface area contributed by atoms with E-state index in [0.29, 0.717) is 24.3 Å². The molecule has 150 valence electrons. The molecule has 9 heteroatoms. The van der Waals surface area contributed by atoms with Gasteiger partial charge in [-0.05, 0) is 44.0 Å². The normalized spacial score (nSPS) is 19.3. The smallest absolute Gasteiger partial charge is 0.349 e. The van der Waals surface area contributed by atoms with Gasteiger partial charge < -0.3 is 14.8 Å². The Labute approximate surface area is 164 Å². The first kappa shape index (κ1) is 21.4. The van der Waals surface area contributed by atoms with Crippen LogP contribution < -0.4 is 10.1 Å². The van der Waals surface area contributed by atoms with Crippen molar-refractivity contribution in [1.82, 2.24) is 5.32 Å². The fourth-order valence-electron chi connectivity index (χ4n) is 2.64. The summed E-state index contributed by atoms with van der Waals surface area (Å²) >= 11 is 0. The molecule has 1 fully saturated rings. The highest BCUT2D eigenvalue weighted by Gasteiger charge is 2.31. The number of benzene rings is 1. The van der Waals surface area contributed by atoms with E-state index in [4.69, 9.17) is 9.47 Å². The molecule has 0 aromatic heterocycles. The van der Waals surface area contributed by atoms with Crippen LogP contribution in [-0.4, -0.2) is 50.6 Å². The van der Waals surface area contributed by atoms with Gasteiger partial charge in [0.1, 0.15) is 17.4 Å². The number of esters is 1. The van der Waals surface area contributed by atoms with Crippen molar-refractivity contribution in [2.45, 2.75) is 32.4 Å². The van der Waals surface area contributed by atoms with Crippen LogP contribution in [0.15, 0.2) is 29.8 Å². The number of nitrogens with one attached hydrogen (secondary N) is 1. The molecule has 0 radical (unpaired) electrons. The Morgan fingerprint density at radius 3 is 2.57 bits per heavy atom. The summed E-state index contributed by atoms with van der Waals surface area (Å²) in [7, 11) is -3.13. The number of rotatable bonds is 7. The summed E-state index contributed by atoms with van der Waals surface area (Å²) in [4.78, 5) is 24.3. The SMILES string of the molecule is CCOc1ccc(/C=C(\C#N)C(=O)O[C@@H](C)C(=O)N[C@@H]2CCS(=O)(=O)C2)cc1. The maximum atomic E-state index is 12.2. The van der Waals surface area contributed by atoms with Gasteiger partial charge in [0.2, 0.25) is 0 Å². The second kappa shape index (κ2) is 9.37. The van der Waals surface area contributed by atoms with Crippen LogP contribution in [0.3, 0.4) is 0 Å². The average molecular weight is 406 g/mol. The van der Waals surface area contributed by atoms with E-state index in [1.165, 1.54) is 13.0 Å². The quantitative estimate of drug-likeness (QED) is 0.410. The fraction of sp³-hybridized carbons (Fsp3) is 0.421. The molecule has 1 heterocycles. The topological polar surface area (TPSA) is 123 Å². The number of hydrogen-bond donors (Lipinski definition) is 1. The van der Waals surface area contributed by atoms with Crippen LogP contribution in [0, 0.1) is 11.3 Å². The summed E-state index contributed by atoms with van der Waals surface area (Å²) in [5.74, 6) is -0.970. The molecule has 2 atom stereocenters. The highest BCUT2D eigenvalue weighted by Crippen LogP contribution is 2.16.